The molecule has 132 valence electrons. The van der Waals surface area contributed by atoms with Crippen molar-refractivity contribution in [1.82, 2.24) is 15.1 Å². The molecular weight excluding hydrogens is 384 g/mol. The fourth-order valence-electron chi connectivity index (χ4n) is 2.52. The van der Waals surface area contributed by atoms with Gasteiger partial charge in [-0.25, -0.2) is 8.78 Å². The van der Waals surface area contributed by atoms with Crippen molar-refractivity contribution in [2.24, 2.45) is 0 Å². The van der Waals surface area contributed by atoms with Crippen LogP contribution in [0.25, 0.3) is 0 Å². The molecule has 5 nitrogen and oxygen atoms in total. The summed E-state index contributed by atoms with van der Waals surface area (Å²) < 4.78 is 25.5. The molecule has 0 atom stereocenters. The molecule has 0 aromatic heterocycles. The van der Waals surface area contributed by atoms with Crippen molar-refractivity contribution in [2.75, 3.05) is 39.3 Å². The summed E-state index contributed by atoms with van der Waals surface area (Å²) in [6, 6.07) is 6.95. The highest BCUT2D eigenvalue weighted by atomic mass is 79.9. The molecule has 0 bridgehead atoms. The standard InChI is InChI=1S/C16H20BrF2N3O2/c17-13-3-1-12(2-4-13)16(24)20-6-5-15(23)22-9-7-21(8-10-22)11-14(18)19/h1-4,14H,5-11H2,(H,20,24). The second-order valence-corrected chi connectivity index (χ2v) is 6.50. The number of nitrogens with one attached hydrogen (secondary N) is 1. The van der Waals surface area contributed by atoms with Gasteiger partial charge in [0.25, 0.3) is 12.3 Å². The Morgan fingerprint density at radius 2 is 1.75 bits per heavy atom. The lowest BCUT2D eigenvalue weighted by Gasteiger charge is -2.34. The van der Waals surface area contributed by atoms with Crippen molar-refractivity contribution < 1.29 is 18.4 Å². The summed E-state index contributed by atoms with van der Waals surface area (Å²) in [5, 5.41) is 2.71. The van der Waals surface area contributed by atoms with Gasteiger partial charge in [-0.2, -0.15) is 0 Å². The van der Waals surface area contributed by atoms with Crippen molar-refractivity contribution in [3.63, 3.8) is 0 Å². The Morgan fingerprint density at radius 1 is 1.12 bits per heavy atom. The van der Waals surface area contributed by atoms with E-state index >= 15 is 0 Å². The van der Waals surface area contributed by atoms with Crippen LogP contribution in [0.5, 0.6) is 0 Å². The van der Waals surface area contributed by atoms with E-state index < -0.39 is 6.43 Å². The molecule has 0 spiro atoms. The van der Waals surface area contributed by atoms with Crippen LogP contribution in [0.3, 0.4) is 0 Å². The van der Waals surface area contributed by atoms with E-state index in [1.807, 2.05) is 0 Å². The SMILES string of the molecule is O=C(NCCC(=O)N1CCN(CC(F)F)CC1)c1ccc(Br)cc1. The number of halogens is 3. The van der Waals surface area contributed by atoms with Crippen LogP contribution in [0, 0.1) is 0 Å². The van der Waals surface area contributed by atoms with Gasteiger partial charge in [-0.1, -0.05) is 15.9 Å². The molecule has 24 heavy (non-hydrogen) atoms. The highest BCUT2D eigenvalue weighted by Crippen LogP contribution is 2.10. The van der Waals surface area contributed by atoms with Gasteiger partial charge in [0, 0.05) is 49.2 Å². The molecule has 1 heterocycles. The van der Waals surface area contributed by atoms with Crippen molar-refractivity contribution in [2.45, 2.75) is 12.8 Å². The Kier molecular flexibility index (Phi) is 7.11. The predicted molar refractivity (Wildman–Crippen MR) is 90.1 cm³/mol. The van der Waals surface area contributed by atoms with Crippen molar-refractivity contribution in [3.8, 4) is 0 Å². The lowest BCUT2D eigenvalue weighted by atomic mass is 10.2. The molecule has 1 aromatic carbocycles. The number of carbonyl (C=O) groups excluding carboxylic acids is 2. The van der Waals surface area contributed by atoms with Crippen LogP contribution in [0.15, 0.2) is 28.7 Å². The van der Waals surface area contributed by atoms with Gasteiger partial charge in [-0.3, -0.25) is 14.5 Å². The summed E-state index contributed by atoms with van der Waals surface area (Å²) in [5.41, 5.74) is 0.534. The molecule has 1 aromatic rings. The zero-order chi connectivity index (χ0) is 17.5. The van der Waals surface area contributed by atoms with Gasteiger partial charge in [0.2, 0.25) is 5.91 Å². The van der Waals surface area contributed by atoms with E-state index in [1.54, 1.807) is 34.1 Å². The molecule has 2 rings (SSSR count). The summed E-state index contributed by atoms with van der Waals surface area (Å²) in [6.45, 7) is 1.83. The van der Waals surface area contributed by atoms with E-state index in [1.165, 1.54) is 0 Å². The zero-order valence-electron chi connectivity index (χ0n) is 13.2. The minimum absolute atomic E-state index is 0.0668. The number of rotatable bonds is 6. The molecule has 8 heteroatoms. The minimum Gasteiger partial charge on any atom is -0.352 e. The van der Waals surface area contributed by atoms with E-state index in [9.17, 15) is 18.4 Å². The van der Waals surface area contributed by atoms with Gasteiger partial charge in [0.1, 0.15) is 0 Å². The zero-order valence-corrected chi connectivity index (χ0v) is 14.8. The lowest BCUT2D eigenvalue weighted by Crippen LogP contribution is -2.50. The van der Waals surface area contributed by atoms with Gasteiger partial charge in [0.05, 0.1) is 6.54 Å². The third-order valence-electron chi connectivity index (χ3n) is 3.85. The molecule has 1 fully saturated rings. The van der Waals surface area contributed by atoms with E-state index in [0.29, 0.717) is 31.7 Å². The molecule has 0 radical (unpaired) electrons. The quantitative estimate of drug-likeness (QED) is 0.789. The van der Waals surface area contributed by atoms with E-state index in [-0.39, 0.29) is 31.3 Å². The maximum absolute atomic E-state index is 12.3. The van der Waals surface area contributed by atoms with Gasteiger partial charge in [-0.15, -0.1) is 0 Å². The normalized spacial score (nSPS) is 15.6. The summed E-state index contributed by atoms with van der Waals surface area (Å²) >= 11 is 3.30. The first kappa shape index (κ1) is 18.8. The maximum atomic E-state index is 12.3. The summed E-state index contributed by atoms with van der Waals surface area (Å²) in [7, 11) is 0. The van der Waals surface area contributed by atoms with Gasteiger partial charge in [0.15, 0.2) is 0 Å². The van der Waals surface area contributed by atoms with Crippen LogP contribution in [0.4, 0.5) is 8.78 Å². The number of hydrogen-bond donors (Lipinski definition) is 1. The number of benzene rings is 1. The number of nitrogens with zero attached hydrogens (tertiary/aromatic N) is 2. The van der Waals surface area contributed by atoms with E-state index in [0.717, 1.165) is 4.47 Å². The molecule has 1 aliphatic rings. The monoisotopic (exact) mass is 403 g/mol. The largest absolute Gasteiger partial charge is 0.352 e. The molecule has 0 aliphatic carbocycles. The second kappa shape index (κ2) is 9.08. The third kappa shape index (κ3) is 5.83. The Balaban J connectivity index is 1.68. The Labute approximate surface area is 148 Å². The smallest absolute Gasteiger partial charge is 0.251 e. The number of alkyl halides is 2. The minimum atomic E-state index is -2.35. The van der Waals surface area contributed by atoms with Crippen LogP contribution < -0.4 is 5.32 Å². The predicted octanol–water partition coefficient (Wildman–Crippen LogP) is 1.98. The third-order valence-corrected chi connectivity index (χ3v) is 4.38. The van der Waals surface area contributed by atoms with Gasteiger partial charge < -0.3 is 10.2 Å². The van der Waals surface area contributed by atoms with Crippen LogP contribution in [-0.4, -0.2) is 67.3 Å². The molecule has 0 saturated carbocycles. The highest BCUT2D eigenvalue weighted by molar-refractivity contribution is 9.10. The number of piperazine rings is 1. The second-order valence-electron chi connectivity index (χ2n) is 5.59. The molecule has 0 unspecified atom stereocenters. The van der Waals surface area contributed by atoms with E-state index in [2.05, 4.69) is 21.2 Å². The Morgan fingerprint density at radius 3 is 2.33 bits per heavy atom. The van der Waals surface area contributed by atoms with Crippen molar-refractivity contribution in [3.05, 3.63) is 34.3 Å². The lowest BCUT2D eigenvalue weighted by molar-refractivity contribution is -0.133. The molecule has 1 aliphatic heterocycles. The Hall–Kier alpha value is -1.54. The molecular formula is C16H20BrF2N3O2. The summed E-state index contributed by atoms with van der Waals surface area (Å²) in [5.74, 6) is -0.292. The van der Waals surface area contributed by atoms with Crippen LogP contribution >= 0.6 is 15.9 Å². The number of hydrogen-bond acceptors (Lipinski definition) is 3. The highest BCUT2D eigenvalue weighted by Gasteiger charge is 2.22. The topological polar surface area (TPSA) is 52.7 Å². The molecule has 2 amide bonds. The van der Waals surface area contributed by atoms with Crippen molar-refractivity contribution >= 4 is 27.7 Å². The molecule has 1 saturated heterocycles. The summed E-state index contributed by atoms with van der Waals surface area (Å²) in [6.07, 6.45) is -2.14. The average Bonchev–Trinajstić information content (AvgIpc) is 2.55. The van der Waals surface area contributed by atoms with Crippen molar-refractivity contribution in [1.29, 1.82) is 0 Å². The van der Waals surface area contributed by atoms with E-state index in [4.69, 9.17) is 0 Å². The number of carbonyl (C=O) groups is 2. The average molecular weight is 404 g/mol. The maximum Gasteiger partial charge on any atom is 0.251 e. The van der Waals surface area contributed by atoms with Crippen LogP contribution in [0.1, 0.15) is 16.8 Å². The fourth-order valence-corrected chi connectivity index (χ4v) is 2.78. The first-order chi connectivity index (χ1) is 11.5. The van der Waals surface area contributed by atoms with Crippen LogP contribution in [0.2, 0.25) is 0 Å². The Bertz CT molecular complexity index is 561. The fraction of sp³-hybridized carbons (Fsp3) is 0.500. The van der Waals surface area contributed by atoms with Crippen LogP contribution in [-0.2, 0) is 4.79 Å². The first-order valence-corrected chi connectivity index (χ1v) is 8.57. The molecule has 1 N–H and O–H groups in total. The van der Waals surface area contributed by atoms with Gasteiger partial charge >= 0.3 is 0 Å². The first-order valence-electron chi connectivity index (χ1n) is 7.78. The van der Waals surface area contributed by atoms with Gasteiger partial charge in [-0.05, 0) is 24.3 Å². The number of amides is 2. The summed E-state index contributed by atoms with van der Waals surface area (Å²) in [4.78, 5) is 27.3.